The van der Waals surface area contributed by atoms with Crippen LogP contribution in [-0.2, 0) is 32.5 Å². The van der Waals surface area contributed by atoms with E-state index in [-0.39, 0.29) is 41.2 Å². The van der Waals surface area contributed by atoms with Gasteiger partial charge < -0.3 is 24.2 Å². The molecular formula is C82H107NO8. The molecule has 488 valence electrons. The van der Waals surface area contributed by atoms with Gasteiger partial charge in [-0.3, -0.25) is 19.2 Å². The Kier molecular flexibility index (Phi) is 25.3. The highest BCUT2D eigenvalue weighted by Gasteiger charge is 2.49. The number of rotatable bonds is 26. The van der Waals surface area contributed by atoms with Gasteiger partial charge in [-0.25, -0.2) is 0 Å². The zero-order valence-electron chi connectivity index (χ0n) is 57.5. The van der Waals surface area contributed by atoms with Crippen molar-refractivity contribution in [1.82, 2.24) is 0 Å². The Labute approximate surface area is 546 Å². The van der Waals surface area contributed by atoms with Crippen LogP contribution >= 0.6 is 0 Å². The van der Waals surface area contributed by atoms with Gasteiger partial charge in [-0.2, -0.15) is 0 Å². The molecule has 11 rings (SSSR count). The van der Waals surface area contributed by atoms with Crippen LogP contribution in [0.15, 0.2) is 109 Å². The van der Waals surface area contributed by atoms with E-state index in [9.17, 15) is 24.3 Å². The molecule has 4 bridgehead atoms. The number of Topliss-reactive ketones (excluding diaryl/α,β-unsaturated/α-hetero) is 1. The first kappa shape index (κ1) is 70.2. The largest absolute Gasteiger partial charge is 0.507 e. The van der Waals surface area contributed by atoms with Crippen molar-refractivity contribution in [2.75, 3.05) is 38.6 Å². The second-order valence-electron chi connectivity index (χ2n) is 28.7. The third kappa shape index (κ3) is 18.3. The molecular weight excluding hydrogens is 1130 g/mol. The van der Waals surface area contributed by atoms with E-state index in [4.69, 9.17) is 14.2 Å². The first-order valence-electron chi connectivity index (χ1n) is 34.5. The number of allylic oxidation sites excluding steroid dienone is 4. The van der Waals surface area contributed by atoms with E-state index < -0.39 is 0 Å². The van der Waals surface area contributed by atoms with Crippen LogP contribution in [0.3, 0.4) is 0 Å². The number of fused-ring (bicyclic) bond motifs is 2. The molecule has 0 saturated heterocycles. The molecule has 5 aromatic carbocycles. The predicted octanol–water partition coefficient (Wildman–Crippen LogP) is 20.0. The van der Waals surface area contributed by atoms with Crippen molar-refractivity contribution in [2.24, 2.45) is 29.6 Å². The maximum absolute atomic E-state index is 13.2. The van der Waals surface area contributed by atoms with E-state index in [1.807, 2.05) is 47.4 Å². The minimum Gasteiger partial charge on any atom is -0.507 e. The molecule has 5 aliphatic carbocycles. The van der Waals surface area contributed by atoms with E-state index in [2.05, 4.69) is 144 Å². The summed E-state index contributed by atoms with van der Waals surface area (Å²) in [6.07, 6.45) is 26.7. The van der Waals surface area contributed by atoms with Gasteiger partial charge in [-0.1, -0.05) is 160 Å². The van der Waals surface area contributed by atoms with Crippen LogP contribution in [0.4, 0.5) is 5.69 Å². The third-order valence-corrected chi connectivity index (χ3v) is 20.3. The molecule has 5 aromatic rings. The Hall–Kier alpha value is -6.68. The lowest BCUT2D eigenvalue weighted by Gasteiger charge is -2.54. The number of carbonyl (C=O) groups is 4. The molecule has 0 unspecified atom stereocenters. The summed E-state index contributed by atoms with van der Waals surface area (Å²) in [6.45, 7) is 27.9. The average Bonchev–Trinajstić information content (AvgIpc) is 1.08. The maximum atomic E-state index is 13.2. The normalized spacial score (nSPS) is 19.7. The van der Waals surface area contributed by atoms with Crippen LogP contribution in [0.1, 0.15) is 264 Å². The van der Waals surface area contributed by atoms with Gasteiger partial charge in [0.1, 0.15) is 11.5 Å². The van der Waals surface area contributed by atoms with E-state index in [1.54, 1.807) is 19.3 Å². The summed E-state index contributed by atoms with van der Waals surface area (Å²) < 4.78 is 16.8. The van der Waals surface area contributed by atoms with Crippen LogP contribution in [-0.4, -0.2) is 62.0 Å². The monoisotopic (exact) mass is 1230 g/mol. The predicted molar refractivity (Wildman–Crippen MR) is 374 cm³/mol. The smallest absolute Gasteiger partial charge is 0.227 e. The van der Waals surface area contributed by atoms with E-state index >= 15 is 0 Å². The van der Waals surface area contributed by atoms with Gasteiger partial charge in [0, 0.05) is 54.3 Å². The molecule has 1 amide bonds. The van der Waals surface area contributed by atoms with Crippen molar-refractivity contribution < 1.29 is 38.5 Å². The summed E-state index contributed by atoms with van der Waals surface area (Å²) in [6, 6.07) is 28.6. The molecule has 4 saturated carbocycles. The summed E-state index contributed by atoms with van der Waals surface area (Å²) in [4.78, 5) is 53.0. The molecule has 9 nitrogen and oxygen atoms in total. The first-order valence-corrected chi connectivity index (χ1v) is 34.5. The van der Waals surface area contributed by atoms with Crippen molar-refractivity contribution in [2.45, 2.75) is 209 Å². The lowest BCUT2D eigenvalue weighted by atomic mass is 9.50. The van der Waals surface area contributed by atoms with Crippen LogP contribution < -0.4 is 9.64 Å². The number of benzene rings is 5. The van der Waals surface area contributed by atoms with Crippen molar-refractivity contribution in [3.8, 4) is 11.5 Å². The zero-order valence-corrected chi connectivity index (χ0v) is 57.5. The Morgan fingerprint density at radius 1 is 0.714 bits per heavy atom. The average molecular weight is 1230 g/mol. The number of anilines is 1. The fourth-order valence-electron chi connectivity index (χ4n) is 14.9. The second-order valence-corrected chi connectivity index (χ2v) is 28.7. The van der Waals surface area contributed by atoms with Gasteiger partial charge >= 0.3 is 0 Å². The van der Waals surface area contributed by atoms with E-state index in [0.29, 0.717) is 79.1 Å². The molecule has 1 N–H and O–H groups in total. The van der Waals surface area contributed by atoms with Crippen molar-refractivity contribution in [3.05, 3.63) is 181 Å². The fraction of sp³-hybridized carbons (Fsp3) is 0.512. The van der Waals surface area contributed by atoms with Crippen LogP contribution in [0, 0.1) is 43.4 Å². The number of amides is 1. The Morgan fingerprint density at radius 3 is 1.87 bits per heavy atom. The molecule has 4 fully saturated rings. The lowest BCUT2D eigenvalue weighted by molar-refractivity contribution is -0.120. The van der Waals surface area contributed by atoms with Crippen LogP contribution in [0.5, 0.6) is 11.5 Å². The molecule has 0 spiro atoms. The Morgan fingerprint density at radius 2 is 1.30 bits per heavy atom. The summed E-state index contributed by atoms with van der Waals surface area (Å²) >= 11 is 0. The van der Waals surface area contributed by atoms with Gasteiger partial charge in [0.15, 0.2) is 24.1 Å². The topological polar surface area (TPSA) is 119 Å². The highest BCUT2D eigenvalue weighted by molar-refractivity contribution is 6.08. The van der Waals surface area contributed by atoms with Crippen molar-refractivity contribution in [1.29, 1.82) is 0 Å². The summed E-state index contributed by atoms with van der Waals surface area (Å²) in [5.41, 5.74) is 15.3. The highest BCUT2D eigenvalue weighted by atomic mass is 16.7. The molecule has 91 heavy (non-hydrogen) atoms. The molecule has 1 aliphatic heterocycles. The number of hydrogen-bond acceptors (Lipinski definition) is 8. The zero-order chi connectivity index (χ0) is 65.5. The SMILES string of the molecule is C/C(=C\Cc1c(C)c(C)c2c(c1O)C(=O)CC2)CCC(C)C.CCCCCCCN1C(=O)CC(C)(C)c2cc(C(=O)/C=C/c3ccc(C(C)C)cc3)ccc21.COCCOCOc1ccc(C(=O)/C=C/c2ccc(C(C)C)cc2)cc1C1C2CC3CC(C2)CC1C3. The van der Waals surface area contributed by atoms with Crippen molar-refractivity contribution >= 4 is 41.1 Å². The molecule has 0 aromatic heterocycles. The number of hydrogen-bond donors (Lipinski definition) is 1. The number of methoxy groups -OCH3 is 1. The number of ketones is 3. The second kappa shape index (κ2) is 32.7. The number of unbranched alkanes of at least 4 members (excludes halogenated alkanes) is 4. The van der Waals surface area contributed by atoms with Gasteiger partial charge in [-0.05, 0) is 231 Å². The minimum absolute atomic E-state index is 0.00967. The Bertz CT molecular complexity index is 3360. The standard InChI is InChI=1S/C32H40O4.C30H39NO2.C20H28O2/c1-21(2)25-7-4-22(5-8-25)6-10-30(33)26-9-11-31(36-20-35-13-12-34-3)29(19-26)32-27-15-23-14-24(17-27)18-28(32)16-23;1-6-7-8-9-10-19-31-27-17-16-25(20-26(27)30(4,5)21-29(31)33)28(32)18-13-23-11-14-24(15-12-23)22(2)3;1-12(2)6-7-13(3)8-9-17-15(5)14(4)16-10-11-18(21)19(16)20(17)22/h4-11,19,21,23-24,27-28,32H,12-18,20H2,1-3H3;11-18,20,22H,6-10,19,21H2,1-5H3;8,12,22H,6-7,9-11H2,1-5H3/b10-6+;18-13+;13-8+. The number of phenolic OH excluding ortho intramolecular Hbond substituents is 1. The van der Waals surface area contributed by atoms with E-state index in [1.165, 1.54) is 85.6 Å². The molecule has 9 heteroatoms. The first-order chi connectivity index (χ1) is 43.6. The van der Waals surface area contributed by atoms with Crippen LogP contribution in [0.2, 0.25) is 0 Å². The van der Waals surface area contributed by atoms with Gasteiger partial charge in [0.25, 0.3) is 0 Å². The van der Waals surface area contributed by atoms with Crippen molar-refractivity contribution in [3.63, 3.8) is 0 Å². The molecule has 0 radical (unpaired) electrons. The quantitative estimate of drug-likeness (QED) is 0.0191. The highest BCUT2D eigenvalue weighted by Crippen LogP contribution is 2.61. The summed E-state index contributed by atoms with van der Waals surface area (Å²) in [7, 11) is 1.67. The number of phenols is 1. The summed E-state index contributed by atoms with van der Waals surface area (Å²) in [5, 5.41) is 10.6. The molecule has 1 heterocycles. The number of carbonyl (C=O) groups excluding carboxylic acids is 4. The van der Waals surface area contributed by atoms with Crippen LogP contribution in [0.25, 0.3) is 12.2 Å². The Balaban J connectivity index is 0.000000181. The van der Waals surface area contributed by atoms with Gasteiger partial charge in [0.05, 0.1) is 18.8 Å². The molecule has 6 aliphatic rings. The van der Waals surface area contributed by atoms with E-state index in [0.717, 1.165) is 94.4 Å². The maximum Gasteiger partial charge on any atom is 0.227 e. The van der Waals surface area contributed by atoms with Gasteiger partial charge in [0.2, 0.25) is 5.91 Å². The van der Waals surface area contributed by atoms with Gasteiger partial charge in [-0.15, -0.1) is 0 Å². The minimum atomic E-state index is -0.280. The lowest BCUT2D eigenvalue weighted by Crippen LogP contribution is -2.43. The third-order valence-electron chi connectivity index (χ3n) is 20.3. The number of aromatic hydroxyl groups is 1. The number of ether oxygens (including phenoxy) is 3. The number of nitrogens with zero attached hydrogens (tertiary/aromatic N) is 1. The fourth-order valence-corrected chi connectivity index (χ4v) is 14.9. The summed E-state index contributed by atoms with van der Waals surface area (Å²) in [5.74, 6) is 6.81. The molecule has 0 atom stereocenters.